The van der Waals surface area contributed by atoms with Crippen molar-refractivity contribution in [3.8, 4) is 0 Å². The van der Waals surface area contributed by atoms with Gasteiger partial charge in [-0.15, -0.1) is 0 Å². The van der Waals surface area contributed by atoms with Gasteiger partial charge in [-0.05, 0) is 25.8 Å². The van der Waals surface area contributed by atoms with Gasteiger partial charge in [0.2, 0.25) is 5.91 Å². The second kappa shape index (κ2) is 5.64. The maximum Gasteiger partial charge on any atom is 0.227 e. The first kappa shape index (κ1) is 11.9. The van der Waals surface area contributed by atoms with Crippen LogP contribution in [0, 0.1) is 5.92 Å². The van der Waals surface area contributed by atoms with Gasteiger partial charge < -0.3 is 15.0 Å². The second-order valence-corrected chi connectivity index (χ2v) is 4.73. The molecule has 1 N–H and O–H groups in total. The molecule has 2 rings (SSSR count). The van der Waals surface area contributed by atoms with Crippen LogP contribution in [0.2, 0.25) is 0 Å². The molecule has 0 bridgehead atoms. The summed E-state index contributed by atoms with van der Waals surface area (Å²) in [5.41, 5.74) is 0. The van der Waals surface area contributed by atoms with E-state index in [0.29, 0.717) is 12.5 Å². The van der Waals surface area contributed by atoms with Crippen molar-refractivity contribution < 1.29 is 9.53 Å². The molecule has 2 saturated heterocycles. The Hall–Kier alpha value is -0.610. The highest BCUT2D eigenvalue weighted by Gasteiger charge is 2.29. The third kappa shape index (κ3) is 2.74. The predicted molar refractivity (Wildman–Crippen MR) is 62.2 cm³/mol. The zero-order valence-corrected chi connectivity index (χ0v) is 10.1. The third-order valence-electron chi connectivity index (χ3n) is 3.55. The minimum atomic E-state index is 0.198. The average Bonchev–Trinajstić information content (AvgIpc) is 2.39. The van der Waals surface area contributed by atoms with Crippen LogP contribution in [0.3, 0.4) is 0 Å². The molecule has 2 aliphatic rings. The predicted octanol–water partition coefficient (Wildman–Crippen LogP) is 0.623. The quantitative estimate of drug-likeness (QED) is 0.750. The van der Waals surface area contributed by atoms with E-state index < -0.39 is 0 Å². The van der Waals surface area contributed by atoms with E-state index >= 15 is 0 Å². The number of hydrogen-bond donors (Lipinski definition) is 1. The number of amides is 1. The van der Waals surface area contributed by atoms with E-state index in [4.69, 9.17) is 4.74 Å². The number of nitrogens with zero attached hydrogens (tertiary/aromatic N) is 1. The number of hydrogen-bond acceptors (Lipinski definition) is 3. The van der Waals surface area contributed by atoms with Crippen molar-refractivity contribution >= 4 is 5.91 Å². The first-order valence-corrected chi connectivity index (χ1v) is 6.42. The number of carbonyl (C=O) groups is 1. The van der Waals surface area contributed by atoms with Crippen LogP contribution in [0.5, 0.6) is 0 Å². The fraction of sp³-hybridized carbons (Fsp3) is 0.917. The lowest BCUT2D eigenvalue weighted by atomic mass is 9.97. The summed E-state index contributed by atoms with van der Waals surface area (Å²) in [5.74, 6) is 0.526. The molecule has 4 heteroatoms. The molecule has 2 fully saturated rings. The van der Waals surface area contributed by atoms with Gasteiger partial charge in [-0.25, -0.2) is 0 Å². The first-order valence-electron chi connectivity index (χ1n) is 6.42. The number of ether oxygens (including phenoxy) is 1. The minimum absolute atomic E-state index is 0.198. The summed E-state index contributed by atoms with van der Waals surface area (Å²) in [7, 11) is 0. The van der Waals surface area contributed by atoms with Crippen molar-refractivity contribution in [2.24, 2.45) is 5.92 Å². The molecule has 4 nitrogen and oxygen atoms in total. The van der Waals surface area contributed by atoms with E-state index in [1.165, 1.54) is 0 Å². The molecule has 0 spiro atoms. The highest BCUT2D eigenvalue weighted by molar-refractivity contribution is 5.79. The van der Waals surface area contributed by atoms with E-state index in [2.05, 4.69) is 12.2 Å². The maximum absolute atomic E-state index is 12.2. The Morgan fingerprint density at radius 1 is 1.56 bits per heavy atom. The molecule has 2 heterocycles. The largest absolute Gasteiger partial charge is 0.375 e. The molecular weight excluding hydrogens is 204 g/mol. The van der Waals surface area contributed by atoms with Gasteiger partial charge in [0.15, 0.2) is 0 Å². The van der Waals surface area contributed by atoms with Crippen LogP contribution in [0.25, 0.3) is 0 Å². The Kier molecular flexibility index (Phi) is 4.18. The summed E-state index contributed by atoms with van der Waals surface area (Å²) in [6.07, 6.45) is 3.40. The fourth-order valence-electron chi connectivity index (χ4n) is 2.49. The molecule has 0 radical (unpaired) electrons. The Morgan fingerprint density at radius 3 is 3.12 bits per heavy atom. The Morgan fingerprint density at radius 2 is 2.44 bits per heavy atom. The molecule has 16 heavy (non-hydrogen) atoms. The highest BCUT2D eigenvalue weighted by Crippen LogP contribution is 2.16. The van der Waals surface area contributed by atoms with E-state index in [-0.39, 0.29) is 12.0 Å². The Labute approximate surface area is 97.3 Å². The van der Waals surface area contributed by atoms with Crippen LogP contribution in [0.1, 0.15) is 26.2 Å². The zero-order chi connectivity index (χ0) is 11.4. The van der Waals surface area contributed by atoms with Gasteiger partial charge in [0.1, 0.15) is 0 Å². The normalized spacial score (nSPS) is 31.4. The van der Waals surface area contributed by atoms with E-state index in [1.807, 2.05) is 4.90 Å². The van der Waals surface area contributed by atoms with Crippen molar-refractivity contribution in [1.82, 2.24) is 10.2 Å². The minimum Gasteiger partial charge on any atom is -0.375 e. The van der Waals surface area contributed by atoms with Gasteiger partial charge in [-0.3, -0.25) is 4.79 Å². The lowest BCUT2D eigenvalue weighted by molar-refractivity contribution is -0.143. The summed E-state index contributed by atoms with van der Waals surface area (Å²) in [6.45, 7) is 6.28. The lowest BCUT2D eigenvalue weighted by Gasteiger charge is -2.35. The van der Waals surface area contributed by atoms with Crippen molar-refractivity contribution in [2.45, 2.75) is 32.3 Å². The van der Waals surface area contributed by atoms with Crippen molar-refractivity contribution in [1.29, 1.82) is 0 Å². The Balaban J connectivity index is 1.87. The van der Waals surface area contributed by atoms with Crippen LogP contribution in [-0.4, -0.2) is 49.7 Å². The smallest absolute Gasteiger partial charge is 0.227 e. The average molecular weight is 226 g/mol. The van der Waals surface area contributed by atoms with Gasteiger partial charge in [0.05, 0.1) is 18.6 Å². The van der Waals surface area contributed by atoms with E-state index in [0.717, 1.165) is 45.4 Å². The zero-order valence-electron chi connectivity index (χ0n) is 10.1. The molecule has 92 valence electrons. The molecule has 0 aliphatic carbocycles. The van der Waals surface area contributed by atoms with Gasteiger partial charge in [-0.2, -0.15) is 0 Å². The Bertz CT molecular complexity index is 239. The summed E-state index contributed by atoms with van der Waals surface area (Å²) in [6, 6.07) is 0. The highest BCUT2D eigenvalue weighted by atomic mass is 16.5. The molecule has 2 unspecified atom stereocenters. The molecular formula is C12H22N2O2. The molecule has 0 saturated carbocycles. The number of nitrogens with one attached hydrogen (secondary N) is 1. The number of piperidine rings is 1. The summed E-state index contributed by atoms with van der Waals surface area (Å²) in [5, 5.41) is 3.30. The molecule has 0 aromatic carbocycles. The van der Waals surface area contributed by atoms with Gasteiger partial charge >= 0.3 is 0 Å². The molecule has 0 aromatic heterocycles. The van der Waals surface area contributed by atoms with Crippen LogP contribution in [0.4, 0.5) is 0 Å². The standard InChI is InChI=1S/C12H22N2O2/c1-2-11-9-14(6-7-16-11)12(15)10-4-3-5-13-8-10/h10-11,13H,2-9H2,1H3. The topological polar surface area (TPSA) is 41.6 Å². The second-order valence-electron chi connectivity index (χ2n) is 4.73. The first-order chi connectivity index (χ1) is 7.81. The monoisotopic (exact) mass is 226 g/mol. The molecule has 2 atom stereocenters. The molecule has 2 aliphatic heterocycles. The number of carbonyl (C=O) groups excluding carboxylic acids is 1. The van der Waals surface area contributed by atoms with Crippen LogP contribution < -0.4 is 5.32 Å². The number of morpholine rings is 1. The van der Waals surface area contributed by atoms with Crippen molar-refractivity contribution in [2.75, 3.05) is 32.8 Å². The number of rotatable bonds is 2. The third-order valence-corrected chi connectivity index (χ3v) is 3.55. The molecule has 1 amide bonds. The fourth-order valence-corrected chi connectivity index (χ4v) is 2.49. The summed E-state index contributed by atoms with van der Waals surface area (Å²) in [4.78, 5) is 14.2. The van der Waals surface area contributed by atoms with Gasteiger partial charge in [0.25, 0.3) is 0 Å². The van der Waals surface area contributed by atoms with Gasteiger partial charge in [0, 0.05) is 19.6 Å². The van der Waals surface area contributed by atoms with Crippen molar-refractivity contribution in [3.05, 3.63) is 0 Å². The SMILES string of the molecule is CCC1CN(C(=O)C2CCCNC2)CCO1. The maximum atomic E-state index is 12.2. The van der Waals surface area contributed by atoms with Gasteiger partial charge in [-0.1, -0.05) is 6.92 Å². The summed E-state index contributed by atoms with van der Waals surface area (Å²) < 4.78 is 5.59. The van der Waals surface area contributed by atoms with E-state index in [1.54, 1.807) is 0 Å². The van der Waals surface area contributed by atoms with Crippen LogP contribution >= 0.6 is 0 Å². The summed E-state index contributed by atoms with van der Waals surface area (Å²) >= 11 is 0. The van der Waals surface area contributed by atoms with Crippen molar-refractivity contribution in [3.63, 3.8) is 0 Å². The van der Waals surface area contributed by atoms with Crippen LogP contribution in [-0.2, 0) is 9.53 Å². The molecule has 0 aromatic rings. The van der Waals surface area contributed by atoms with E-state index in [9.17, 15) is 4.79 Å². The lowest BCUT2D eigenvalue weighted by Crippen LogP contribution is -2.50. The van der Waals surface area contributed by atoms with Crippen LogP contribution in [0.15, 0.2) is 0 Å².